The molecule has 74 valence electrons. The molecular weight excluding hydrogens is 220 g/mol. The van der Waals surface area contributed by atoms with Crippen molar-refractivity contribution in [1.82, 2.24) is 10.1 Å². The van der Waals surface area contributed by atoms with Crippen molar-refractivity contribution in [3.63, 3.8) is 0 Å². The van der Waals surface area contributed by atoms with E-state index in [1.807, 2.05) is 12.3 Å². The van der Waals surface area contributed by atoms with Crippen LogP contribution in [0.1, 0.15) is 11.5 Å². The summed E-state index contributed by atoms with van der Waals surface area (Å²) in [7, 11) is 0. The van der Waals surface area contributed by atoms with Gasteiger partial charge >= 0.3 is 0 Å². The molecule has 0 spiro atoms. The zero-order chi connectivity index (χ0) is 9.97. The second kappa shape index (κ2) is 4.11. The first-order valence-electron chi connectivity index (χ1n) is 4.23. The maximum absolute atomic E-state index is 5.58. The Balaban J connectivity index is 2.29. The zero-order valence-electron chi connectivity index (χ0n) is 7.66. The van der Waals surface area contributed by atoms with Crippen LogP contribution in [-0.2, 0) is 6.42 Å². The molecule has 2 aromatic heterocycles. The lowest BCUT2D eigenvalue weighted by atomic mass is 10.2. The number of aromatic nitrogens is 2. The van der Waals surface area contributed by atoms with Gasteiger partial charge in [0.2, 0.25) is 11.7 Å². The van der Waals surface area contributed by atoms with Crippen molar-refractivity contribution < 1.29 is 4.52 Å². The number of aryl methyl sites for hydroxylation is 2. The van der Waals surface area contributed by atoms with Gasteiger partial charge in [-0.1, -0.05) is 5.16 Å². The second-order valence-electron chi connectivity index (χ2n) is 2.92. The highest BCUT2D eigenvalue weighted by Gasteiger charge is 2.10. The van der Waals surface area contributed by atoms with E-state index in [1.165, 1.54) is 5.56 Å². The van der Waals surface area contributed by atoms with E-state index >= 15 is 0 Å². The quantitative estimate of drug-likeness (QED) is 0.759. The molecule has 2 heterocycles. The molecule has 0 aliphatic heterocycles. The van der Waals surface area contributed by atoms with Crippen LogP contribution in [0.3, 0.4) is 0 Å². The van der Waals surface area contributed by atoms with Crippen LogP contribution >= 0.6 is 22.9 Å². The summed E-state index contributed by atoms with van der Waals surface area (Å²) in [6, 6.07) is 0. The molecule has 0 amide bonds. The van der Waals surface area contributed by atoms with Gasteiger partial charge in [-0.25, -0.2) is 0 Å². The van der Waals surface area contributed by atoms with Crippen LogP contribution in [-0.4, -0.2) is 16.0 Å². The molecule has 0 bridgehead atoms. The molecule has 2 aromatic rings. The highest BCUT2D eigenvalue weighted by Crippen LogP contribution is 2.24. The third kappa shape index (κ3) is 1.81. The predicted molar refractivity (Wildman–Crippen MR) is 56.8 cm³/mol. The van der Waals surface area contributed by atoms with Crippen molar-refractivity contribution >= 4 is 22.9 Å². The smallest absolute Gasteiger partial charge is 0.228 e. The third-order valence-corrected chi connectivity index (χ3v) is 2.92. The minimum atomic E-state index is 0.504. The lowest BCUT2D eigenvalue weighted by Gasteiger charge is -1.88. The fourth-order valence-electron chi connectivity index (χ4n) is 1.14. The van der Waals surface area contributed by atoms with Gasteiger partial charge in [-0.05, 0) is 17.9 Å². The highest BCUT2D eigenvalue weighted by atomic mass is 35.5. The average molecular weight is 229 g/mol. The van der Waals surface area contributed by atoms with E-state index in [1.54, 1.807) is 11.3 Å². The lowest BCUT2D eigenvalue weighted by molar-refractivity contribution is 0.383. The zero-order valence-corrected chi connectivity index (χ0v) is 9.23. The summed E-state index contributed by atoms with van der Waals surface area (Å²) in [5.41, 5.74) is 2.22. The molecule has 0 aliphatic rings. The van der Waals surface area contributed by atoms with Gasteiger partial charge in [-0.2, -0.15) is 16.3 Å². The van der Waals surface area contributed by atoms with Crippen LogP contribution in [0.5, 0.6) is 0 Å². The second-order valence-corrected chi connectivity index (χ2v) is 4.04. The molecule has 0 unspecified atom stereocenters. The van der Waals surface area contributed by atoms with Gasteiger partial charge < -0.3 is 4.52 Å². The molecule has 5 heteroatoms. The van der Waals surface area contributed by atoms with Crippen molar-refractivity contribution in [3.8, 4) is 11.4 Å². The van der Waals surface area contributed by atoms with Crippen molar-refractivity contribution in [3.05, 3.63) is 22.2 Å². The van der Waals surface area contributed by atoms with Crippen molar-refractivity contribution in [2.24, 2.45) is 0 Å². The Bertz CT molecular complexity index is 424. The van der Waals surface area contributed by atoms with E-state index in [0.29, 0.717) is 24.0 Å². The van der Waals surface area contributed by atoms with E-state index < -0.39 is 0 Å². The number of rotatable bonds is 3. The van der Waals surface area contributed by atoms with Crippen LogP contribution in [0.15, 0.2) is 15.3 Å². The van der Waals surface area contributed by atoms with Gasteiger partial charge in [0.15, 0.2) is 0 Å². The summed E-state index contributed by atoms with van der Waals surface area (Å²) in [6.45, 7) is 2.03. The SMILES string of the molecule is Cc1cscc1-c1noc(CCCl)n1. The molecule has 2 rings (SSSR count). The van der Waals surface area contributed by atoms with E-state index in [4.69, 9.17) is 16.1 Å². The predicted octanol–water partition coefficient (Wildman–Crippen LogP) is 2.89. The summed E-state index contributed by atoms with van der Waals surface area (Å²) in [6.07, 6.45) is 0.623. The molecule has 0 N–H and O–H groups in total. The van der Waals surface area contributed by atoms with E-state index in [9.17, 15) is 0 Å². The highest BCUT2D eigenvalue weighted by molar-refractivity contribution is 7.08. The molecule has 0 saturated heterocycles. The third-order valence-electron chi connectivity index (χ3n) is 1.87. The first-order chi connectivity index (χ1) is 6.81. The van der Waals surface area contributed by atoms with E-state index in [0.717, 1.165) is 5.56 Å². The minimum Gasteiger partial charge on any atom is -0.339 e. The molecule has 0 aliphatic carbocycles. The fourth-order valence-corrected chi connectivity index (χ4v) is 2.12. The van der Waals surface area contributed by atoms with Gasteiger partial charge in [0, 0.05) is 23.2 Å². The van der Waals surface area contributed by atoms with Gasteiger partial charge in [-0.3, -0.25) is 0 Å². The minimum absolute atomic E-state index is 0.504. The van der Waals surface area contributed by atoms with Crippen LogP contribution in [0.4, 0.5) is 0 Å². The largest absolute Gasteiger partial charge is 0.339 e. The first kappa shape index (κ1) is 9.68. The van der Waals surface area contributed by atoms with E-state index in [2.05, 4.69) is 15.5 Å². The molecule has 0 fully saturated rings. The maximum atomic E-state index is 5.58. The number of hydrogen-bond acceptors (Lipinski definition) is 4. The Morgan fingerprint density at radius 2 is 2.36 bits per heavy atom. The first-order valence-corrected chi connectivity index (χ1v) is 5.70. The van der Waals surface area contributed by atoms with Crippen molar-refractivity contribution in [2.45, 2.75) is 13.3 Å². The fraction of sp³-hybridized carbons (Fsp3) is 0.333. The monoisotopic (exact) mass is 228 g/mol. The number of halogens is 1. The normalized spacial score (nSPS) is 10.7. The summed E-state index contributed by atoms with van der Waals surface area (Å²) in [5.74, 6) is 1.76. The van der Waals surface area contributed by atoms with Crippen molar-refractivity contribution in [2.75, 3.05) is 5.88 Å². The summed E-state index contributed by atoms with van der Waals surface area (Å²) in [4.78, 5) is 4.25. The molecule has 14 heavy (non-hydrogen) atoms. The van der Waals surface area contributed by atoms with Crippen LogP contribution in [0, 0.1) is 6.92 Å². The maximum Gasteiger partial charge on any atom is 0.228 e. The van der Waals surface area contributed by atoms with Crippen LogP contribution in [0.25, 0.3) is 11.4 Å². The lowest BCUT2D eigenvalue weighted by Crippen LogP contribution is -1.85. The summed E-state index contributed by atoms with van der Waals surface area (Å²) in [5, 5.41) is 7.98. The topological polar surface area (TPSA) is 38.9 Å². The van der Waals surface area contributed by atoms with Gasteiger partial charge in [-0.15, -0.1) is 11.6 Å². The molecular formula is C9H9ClN2OS. The molecule has 0 saturated carbocycles. The Kier molecular flexibility index (Phi) is 2.84. The number of nitrogens with zero attached hydrogens (tertiary/aromatic N) is 2. The molecule has 0 aromatic carbocycles. The standard InChI is InChI=1S/C9H9ClN2OS/c1-6-4-14-5-7(6)9-11-8(2-3-10)13-12-9/h4-5H,2-3H2,1H3. The number of thiophene rings is 1. The number of alkyl halides is 1. The Morgan fingerprint density at radius 1 is 1.50 bits per heavy atom. The van der Waals surface area contributed by atoms with Gasteiger partial charge in [0.25, 0.3) is 0 Å². The molecule has 0 radical (unpaired) electrons. The Morgan fingerprint density at radius 3 is 3.00 bits per heavy atom. The average Bonchev–Trinajstić information content (AvgIpc) is 2.74. The van der Waals surface area contributed by atoms with E-state index in [-0.39, 0.29) is 0 Å². The summed E-state index contributed by atoms with van der Waals surface area (Å²) >= 11 is 7.21. The van der Waals surface area contributed by atoms with Gasteiger partial charge in [0.05, 0.1) is 0 Å². The Hall–Kier alpha value is -0.870. The summed E-state index contributed by atoms with van der Waals surface area (Å²) < 4.78 is 5.04. The number of hydrogen-bond donors (Lipinski definition) is 0. The van der Waals surface area contributed by atoms with Gasteiger partial charge in [0.1, 0.15) is 0 Å². The van der Waals surface area contributed by atoms with Crippen molar-refractivity contribution in [1.29, 1.82) is 0 Å². The molecule has 3 nitrogen and oxygen atoms in total. The Labute approximate surface area is 90.7 Å². The molecule has 0 atom stereocenters. The van der Waals surface area contributed by atoms with Crippen LogP contribution < -0.4 is 0 Å². The van der Waals surface area contributed by atoms with Crippen LogP contribution in [0.2, 0.25) is 0 Å².